The van der Waals surface area contributed by atoms with E-state index in [9.17, 15) is 13.2 Å². The predicted octanol–water partition coefficient (Wildman–Crippen LogP) is 2.94. The fourth-order valence-electron chi connectivity index (χ4n) is 2.08. The lowest BCUT2D eigenvalue weighted by molar-refractivity contribution is 0.0730. The molecule has 1 atom stereocenters. The molecule has 120 valence electrons. The minimum Gasteiger partial charge on any atom is -0.342 e. The molecular formula is C14H23ClN2O3S. The van der Waals surface area contributed by atoms with E-state index in [1.807, 2.05) is 13.8 Å². The third kappa shape index (κ3) is 4.48. The van der Waals surface area contributed by atoms with Gasteiger partial charge in [-0.2, -0.15) is 0 Å². The molecule has 0 aliphatic carbocycles. The predicted molar refractivity (Wildman–Crippen MR) is 84.2 cm³/mol. The van der Waals surface area contributed by atoms with E-state index in [4.69, 9.17) is 10.7 Å². The highest BCUT2D eigenvalue weighted by atomic mass is 35.7. The summed E-state index contributed by atoms with van der Waals surface area (Å²) in [7, 11) is 1.53. The highest BCUT2D eigenvalue weighted by molar-refractivity contribution is 8.13. The molecule has 1 aromatic heterocycles. The maximum Gasteiger partial charge on any atom is 0.270 e. The molecule has 1 heterocycles. The molecule has 1 unspecified atom stereocenters. The van der Waals surface area contributed by atoms with Gasteiger partial charge in [0, 0.05) is 36.5 Å². The Morgan fingerprint density at radius 2 is 2.00 bits per heavy atom. The molecule has 0 saturated heterocycles. The topological polar surface area (TPSA) is 59.4 Å². The average Bonchev–Trinajstić information content (AvgIpc) is 2.87. The fourth-order valence-corrected chi connectivity index (χ4v) is 2.84. The number of halogens is 1. The fraction of sp³-hybridized carbons (Fsp3) is 0.643. The molecule has 0 N–H and O–H groups in total. The van der Waals surface area contributed by atoms with Gasteiger partial charge in [0.05, 0.1) is 0 Å². The highest BCUT2D eigenvalue weighted by Gasteiger charge is 2.23. The molecule has 0 bridgehead atoms. The first kappa shape index (κ1) is 18.0. The van der Waals surface area contributed by atoms with E-state index in [2.05, 4.69) is 13.8 Å². The first-order chi connectivity index (χ1) is 9.74. The van der Waals surface area contributed by atoms with Crippen molar-refractivity contribution in [3.63, 3.8) is 0 Å². The zero-order valence-electron chi connectivity index (χ0n) is 13.0. The zero-order valence-corrected chi connectivity index (χ0v) is 14.5. The zero-order chi connectivity index (χ0) is 16.2. The van der Waals surface area contributed by atoms with E-state index in [1.54, 1.807) is 9.47 Å². The van der Waals surface area contributed by atoms with Crippen molar-refractivity contribution in [2.75, 3.05) is 13.1 Å². The number of nitrogens with zero attached hydrogens (tertiary/aromatic N) is 2. The molecule has 0 fully saturated rings. The summed E-state index contributed by atoms with van der Waals surface area (Å²) in [4.78, 5) is 14.3. The summed E-state index contributed by atoms with van der Waals surface area (Å²) in [5.74, 6) is 0.237. The molecule has 21 heavy (non-hydrogen) atoms. The van der Waals surface area contributed by atoms with Gasteiger partial charge >= 0.3 is 0 Å². The average molecular weight is 335 g/mol. The van der Waals surface area contributed by atoms with Crippen molar-refractivity contribution >= 4 is 25.6 Å². The van der Waals surface area contributed by atoms with Crippen LogP contribution < -0.4 is 0 Å². The number of hydrogen-bond acceptors (Lipinski definition) is 3. The van der Waals surface area contributed by atoms with Gasteiger partial charge in [-0.1, -0.05) is 20.3 Å². The maximum atomic E-state index is 12.6. The third-order valence-electron chi connectivity index (χ3n) is 3.61. The van der Waals surface area contributed by atoms with Crippen LogP contribution in [0, 0.1) is 5.92 Å². The Morgan fingerprint density at radius 3 is 2.43 bits per heavy atom. The Balaban J connectivity index is 3.13. The molecule has 0 aromatic carbocycles. The maximum absolute atomic E-state index is 12.6. The van der Waals surface area contributed by atoms with E-state index in [1.165, 1.54) is 12.3 Å². The van der Waals surface area contributed by atoms with Crippen LogP contribution in [-0.4, -0.2) is 36.9 Å². The van der Waals surface area contributed by atoms with Crippen molar-refractivity contribution in [3.8, 4) is 0 Å². The summed E-state index contributed by atoms with van der Waals surface area (Å²) in [5.41, 5.74) is 0.363. The number of hydrogen-bond donors (Lipinski definition) is 0. The minimum atomic E-state index is -3.83. The van der Waals surface area contributed by atoms with E-state index in [0.717, 1.165) is 6.42 Å². The lowest BCUT2D eigenvalue weighted by Gasteiger charge is -2.24. The van der Waals surface area contributed by atoms with Gasteiger partial charge in [0.2, 0.25) is 0 Å². The third-order valence-corrected chi connectivity index (χ3v) is 4.93. The highest BCUT2D eigenvalue weighted by Crippen LogP contribution is 2.20. The van der Waals surface area contributed by atoms with Gasteiger partial charge in [-0.15, -0.1) is 0 Å². The van der Waals surface area contributed by atoms with E-state index in [-0.39, 0.29) is 10.8 Å². The SMILES string of the molecule is CCC(C)CN(CC)C(=O)c1cc(S(=O)(=O)Cl)cn1CC. The molecular weight excluding hydrogens is 312 g/mol. The second-order valence-electron chi connectivity index (χ2n) is 5.14. The van der Waals surface area contributed by atoms with Crippen LogP contribution in [0.15, 0.2) is 17.2 Å². The van der Waals surface area contributed by atoms with Crippen molar-refractivity contribution in [3.05, 3.63) is 18.0 Å². The van der Waals surface area contributed by atoms with Crippen LogP contribution in [-0.2, 0) is 15.6 Å². The van der Waals surface area contributed by atoms with E-state index >= 15 is 0 Å². The Morgan fingerprint density at radius 1 is 1.38 bits per heavy atom. The van der Waals surface area contributed by atoms with Crippen LogP contribution in [0.3, 0.4) is 0 Å². The largest absolute Gasteiger partial charge is 0.342 e. The van der Waals surface area contributed by atoms with Gasteiger partial charge in [0.25, 0.3) is 15.0 Å². The summed E-state index contributed by atoms with van der Waals surface area (Å²) in [6.45, 7) is 9.68. The first-order valence-corrected chi connectivity index (χ1v) is 9.49. The molecule has 0 saturated carbocycles. The number of rotatable bonds is 7. The molecule has 1 rings (SSSR count). The van der Waals surface area contributed by atoms with Gasteiger partial charge in [0.1, 0.15) is 10.6 Å². The molecule has 0 radical (unpaired) electrons. The van der Waals surface area contributed by atoms with E-state index < -0.39 is 9.05 Å². The molecule has 0 aliphatic heterocycles. The van der Waals surface area contributed by atoms with Gasteiger partial charge < -0.3 is 9.47 Å². The monoisotopic (exact) mass is 334 g/mol. The van der Waals surface area contributed by atoms with Crippen LogP contribution in [0.5, 0.6) is 0 Å². The Hall–Kier alpha value is -1.01. The summed E-state index contributed by atoms with van der Waals surface area (Å²) in [6, 6.07) is 1.35. The van der Waals surface area contributed by atoms with Gasteiger partial charge in [-0.25, -0.2) is 8.42 Å². The molecule has 0 spiro atoms. The standard InChI is InChI=1S/C14H23ClN2O3S/c1-5-11(4)9-17(7-3)14(18)13-8-12(21(15,19)20)10-16(13)6-2/h8,10-11H,5-7,9H2,1-4H3. The second-order valence-corrected chi connectivity index (χ2v) is 7.71. The van der Waals surface area contributed by atoms with Crippen molar-refractivity contribution in [1.82, 2.24) is 9.47 Å². The smallest absolute Gasteiger partial charge is 0.270 e. The number of aromatic nitrogens is 1. The molecule has 7 heteroatoms. The molecule has 1 aromatic rings. The van der Waals surface area contributed by atoms with Crippen LogP contribution >= 0.6 is 10.7 Å². The number of aryl methyl sites for hydroxylation is 1. The van der Waals surface area contributed by atoms with Crippen LogP contribution in [0.25, 0.3) is 0 Å². The van der Waals surface area contributed by atoms with Crippen LogP contribution in [0.1, 0.15) is 44.6 Å². The summed E-state index contributed by atoms with van der Waals surface area (Å²) >= 11 is 0. The summed E-state index contributed by atoms with van der Waals surface area (Å²) < 4.78 is 24.5. The lowest BCUT2D eigenvalue weighted by atomic mass is 10.1. The quantitative estimate of drug-likeness (QED) is 0.720. The summed E-state index contributed by atoms with van der Waals surface area (Å²) in [6.07, 6.45) is 2.40. The lowest BCUT2D eigenvalue weighted by Crippen LogP contribution is -2.35. The second kappa shape index (κ2) is 7.31. The van der Waals surface area contributed by atoms with Crippen molar-refractivity contribution < 1.29 is 13.2 Å². The van der Waals surface area contributed by atoms with Gasteiger partial charge in [-0.05, 0) is 25.8 Å². The molecule has 5 nitrogen and oxygen atoms in total. The Labute approximate surface area is 131 Å². The normalized spacial score (nSPS) is 13.2. The van der Waals surface area contributed by atoms with E-state index in [0.29, 0.717) is 31.2 Å². The Bertz CT molecular complexity index is 595. The van der Waals surface area contributed by atoms with Gasteiger partial charge in [-0.3, -0.25) is 4.79 Å². The minimum absolute atomic E-state index is 0.0334. The van der Waals surface area contributed by atoms with Crippen LogP contribution in [0.4, 0.5) is 0 Å². The number of carbonyl (C=O) groups is 1. The van der Waals surface area contributed by atoms with Crippen molar-refractivity contribution in [2.45, 2.75) is 45.6 Å². The van der Waals surface area contributed by atoms with Crippen LogP contribution in [0.2, 0.25) is 0 Å². The number of carbonyl (C=O) groups excluding carboxylic acids is 1. The van der Waals surface area contributed by atoms with Gasteiger partial charge in [0.15, 0.2) is 0 Å². The summed E-state index contributed by atoms with van der Waals surface area (Å²) in [5, 5.41) is 0. The Kier molecular flexibility index (Phi) is 6.28. The first-order valence-electron chi connectivity index (χ1n) is 7.18. The van der Waals surface area contributed by atoms with Crippen molar-refractivity contribution in [2.24, 2.45) is 5.92 Å². The molecule has 1 amide bonds. The molecule has 0 aliphatic rings. The number of amides is 1. The van der Waals surface area contributed by atoms with Crippen molar-refractivity contribution in [1.29, 1.82) is 0 Å².